The van der Waals surface area contributed by atoms with Crippen molar-refractivity contribution in [1.82, 2.24) is 5.32 Å². The van der Waals surface area contributed by atoms with Crippen molar-refractivity contribution in [3.8, 4) is 5.75 Å². The van der Waals surface area contributed by atoms with Crippen molar-refractivity contribution < 1.29 is 13.5 Å². The third-order valence-electron chi connectivity index (χ3n) is 2.73. The zero-order chi connectivity index (χ0) is 14.1. The lowest BCUT2D eigenvalue weighted by Gasteiger charge is -2.15. The fourth-order valence-electron chi connectivity index (χ4n) is 1.65. The Kier molecular flexibility index (Phi) is 7.82. The lowest BCUT2D eigenvalue weighted by Crippen LogP contribution is -2.26. The summed E-state index contributed by atoms with van der Waals surface area (Å²) in [5.74, 6) is 2.48. The molecular formula is C14H21F2NOS. The summed E-state index contributed by atoms with van der Waals surface area (Å²) in [7, 11) is 0. The number of hydrogen-bond donors (Lipinski definition) is 1. The SMILES string of the molecule is CCSCCC(C)NCc1ccccc1OC(F)F. The van der Waals surface area contributed by atoms with Gasteiger partial charge in [-0.1, -0.05) is 25.1 Å². The molecule has 0 saturated carbocycles. The Morgan fingerprint density at radius 3 is 2.74 bits per heavy atom. The highest BCUT2D eigenvalue weighted by Gasteiger charge is 2.09. The summed E-state index contributed by atoms with van der Waals surface area (Å²) in [5.41, 5.74) is 0.762. The lowest BCUT2D eigenvalue weighted by atomic mass is 10.2. The van der Waals surface area contributed by atoms with E-state index in [4.69, 9.17) is 0 Å². The summed E-state index contributed by atoms with van der Waals surface area (Å²) < 4.78 is 29.0. The first-order chi connectivity index (χ1) is 9.13. The number of para-hydroxylation sites is 1. The van der Waals surface area contributed by atoms with Crippen molar-refractivity contribution in [1.29, 1.82) is 0 Å². The summed E-state index contributed by atoms with van der Waals surface area (Å²) in [5, 5.41) is 3.33. The molecule has 0 saturated heterocycles. The molecule has 0 radical (unpaired) electrons. The van der Waals surface area contributed by atoms with Crippen LogP contribution in [-0.4, -0.2) is 24.2 Å². The van der Waals surface area contributed by atoms with Crippen LogP contribution in [0.3, 0.4) is 0 Å². The van der Waals surface area contributed by atoms with E-state index in [-0.39, 0.29) is 5.75 Å². The maximum atomic E-state index is 12.3. The van der Waals surface area contributed by atoms with Crippen molar-refractivity contribution in [2.45, 2.75) is 39.5 Å². The Morgan fingerprint density at radius 1 is 1.32 bits per heavy atom. The van der Waals surface area contributed by atoms with E-state index in [1.165, 1.54) is 0 Å². The molecule has 0 fully saturated rings. The number of hydrogen-bond acceptors (Lipinski definition) is 3. The molecule has 1 aromatic carbocycles. The average Bonchev–Trinajstić information content (AvgIpc) is 2.37. The molecule has 0 heterocycles. The van der Waals surface area contributed by atoms with Gasteiger partial charge in [-0.05, 0) is 30.9 Å². The first-order valence-corrected chi connectivity index (χ1v) is 7.62. The predicted molar refractivity (Wildman–Crippen MR) is 77.0 cm³/mol. The molecule has 0 bridgehead atoms. The van der Waals surface area contributed by atoms with Gasteiger partial charge in [-0.2, -0.15) is 20.5 Å². The standard InChI is InChI=1S/C14H21F2NOS/c1-3-19-9-8-11(2)17-10-12-6-4-5-7-13(12)18-14(15)16/h4-7,11,14,17H,3,8-10H2,1-2H3. The zero-order valence-electron chi connectivity index (χ0n) is 11.4. The summed E-state index contributed by atoms with van der Waals surface area (Å²) >= 11 is 1.91. The maximum Gasteiger partial charge on any atom is 0.387 e. The number of rotatable bonds is 9. The van der Waals surface area contributed by atoms with Crippen LogP contribution >= 0.6 is 11.8 Å². The van der Waals surface area contributed by atoms with Gasteiger partial charge in [-0.25, -0.2) is 0 Å². The summed E-state index contributed by atoms with van der Waals surface area (Å²) in [6.45, 7) is 2.01. The van der Waals surface area contributed by atoms with Gasteiger partial charge in [0, 0.05) is 18.2 Å². The van der Waals surface area contributed by atoms with Crippen molar-refractivity contribution in [3.05, 3.63) is 29.8 Å². The van der Waals surface area contributed by atoms with Gasteiger partial charge in [-0.3, -0.25) is 0 Å². The number of benzene rings is 1. The molecule has 1 N–H and O–H groups in total. The van der Waals surface area contributed by atoms with Crippen LogP contribution in [0.1, 0.15) is 25.8 Å². The van der Waals surface area contributed by atoms with Crippen LogP contribution in [0, 0.1) is 0 Å². The number of alkyl halides is 2. The van der Waals surface area contributed by atoms with Crippen LogP contribution in [0.5, 0.6) is 5.75 Å². The topological polar surface area (TPSA) is 21.3 Å². The minimum absolute atomic E-state index is 0.250. The molecule has 2 nitrogen and oxygen atoms in total. The second kappa shape index (κ2) is 9.15. The minimum Gasteiger partial charge on any atom is -0.434 e. The molecule has 1 atom stereocenters. The number of ether oxygens (including phenoxy) is 1. The largest absolute Gasteiger partial charge is 0.434 e. The normalized spacial score (nSPS) is 12.7. The molecule has 0 aliphatic heterocycles. The Hall–Kier alpha value is -0.810. The van der Waals surface area contributed by atoms with Crippen molar-refractivity contribution in [3.63, 3.8) is 0 Å². The third-order valence-corrected chi connectivity index (χ3v) is 3.66. The zero-order valence-corrected chi connectivity index (χ0v) is 12.2. The second-order valence-corrected chi connectivity index (χ2v) is 5.65. The van der Waals surface area contributed by atoms with E-state index in [2.05, 4.69) is 23.9 Å². The molecule has 0 aromatic heterocycles. The van der Waals surface area contributed by atoms with Gasteiger partial charge in [0.1, 0.15) is 5.75 Å². The Balaban J connectivity index is 2.43. The van der Waals surface area contributed by atoms with E-state index in [1.54, 1.807) is 18.2 Å². The fourth-order valence-corrected chi connectivity index (χ4v) is 2.46. The van der Waals surface area contributed by atoms with Crippen LogP contribution in [0.2, 0.25) is 0 Å². The van der Waals surface area contributed by atoms with Crippen molar-refractivity contribution >= 4 is 11.8 Å². The fraction of sp³-hybridized carbons (Fsp3) is 0.571. The van der Waals surface area contributed by atoms with E-state index >= 15 is 0 Å². The molecule has 0 spiro atoms. The van der Waals surface area contributed by atoms with Gasteiger partial charge in [0.05, 0.1) is 0 Å². The highest BCUT2D eigenvalue weighted by atomic mass is 32.2. The molecule has 1 rings (SSSR count). The molecule has 0 aliphatic carbocycles. The predicted octanol–water partition coefficient (Wildman–Crippen LogP) is 3.91. The van der Waals surface area contributed by atoms with Crippen molar-refractivity contribution in [2.75, 3.05) is 11.5 Å². The first-order valence-electron chi connectivity index (χ1n) is 6.47. The average molecular weight is 289 g/mol. The van der Waals surface area contributed by atoms with Crippen molar-refractivity contribution in [2.24, 2.45) is 0 Å². The third kappa shape index (κ3) is 6.78. The Bertz CT molecular complexity index is 363. The highest BCUT2D eigenvalue weighted by Crippen LogP contribution is 2.20. The van der Waals surface area contributed by atoms with E-state index in [0.717, 1.165) is 23.5 Å². The molecule has 1 aromatic rings. The van der Waals surface area contributed by atoms with E-state index in [9.17, 15) is 8.78 Å². The molecule has 1 unspecified atom stereocenters. The molecule has 19 heavy (non-hydrogen) atoms. The molecule has 108 valence electrons. The molecular weight excluding hydrogens is 268 g/mol. The van der Waals surface area contributed by atoms with E-state index in [0.29, 0.717) is 12.6 Å². The minimum atomic E-state index is -2.78. The van der Waals surface area contributed by atoms with Crippen LogP contribution in [0.4, 0.5) is 8.78 Å². The number of halogens is 2. The lowest BCUT2D eigenvalue weighted by molar-refractivity contribution is -0.0505. The van der Waals surface area contributed by atoms with Crippen LogP contribution < -0.4 is 10.1 Å². The second-order valence-electron chi connectivity index (χ2n) is 4.25. The molecule has 0 aliphatic rings. The van der Waals surface area contributed by atoms with Gasteiger partial charge in [0.25, 0.3) is 0 Å². The van der Waals surface area contributed by atoms with E-state index < -0.39 is 6.61 Å². The molecule has 0 amide bonds. The van der Waals surface area contributed by atoms with Gasteiger partial charge >= 0.3 is 6.61 Å². The summed E-state index contributed by atoms with van der Waals surface area (Å²) in [6, 6.07) is 7.26. The van der Waals surface area contributed by atoms with Gasteiger partial charge in [0.15, 0.2) is 0 Å². The van der Waals surface area contributed by atoms with Crippen LogP contribution in [-0.2, 0) is 6.54 Å². The first kappa shape index (κ1) is 16.2. The van der Waals surface area contributed by atoms with Gasteiger partial charge in [0.2, 0.25) is 0 Å². The molecule has 5 heteroatoms. The highest BCUT2D eigenvalue weighted by molar-refractivity contribution is 7.99. The quantitative estimate of drug-likeness (QED) is 0.696. The summed E-state index contributed by atoms with van der Waals surface area (Å²) in [4.78, 5) is 0. The van der Waals surface area contributed by atoms with E-state index in [1.807, 2.05) is 17.8 Å². The Morgan fingerprint density at radius 2 is 2.05 bits per heavy atom. The monoisotopic (exact) mass is 289 g/mol. The van der Waals surface area contributed by atoms with Gasteiger partial charge < -0.3 is 10.1 Å². The van der Waals surface area contributed by atoms with Gasteiger partial charge in [-0.15, -0.1) is 0 Å². The number of nitrogens with one attached hydrogen (secondary N) is 1. The number of thioether (sulfide) groups is 1. The smallest absolute Gasteiger partial charge is 0.387 e. The van der Waals surface area contributed by atoms with Crippen LogP contribution in [0.25, 0.3) is 0 Å². The van der Waals surface area contributed by atoms with Crippen LogP contribution in [0.15, 0.2) is 24.3 Å². The maximum absolute atomic E-state index is 12.3. The summed E-state index contributed by atoms with van der Waals surface area (Å²) in [6.07, 6.45) is 1.07. The Labute approximate surface area is 117 Å².